The minimum Gasteiger partial charge on any atom is -0.494 e. The second-order valence-corrected chi connectivity index (χ2v) is 8.81. The van der Waals surface area contributed by atoms with Gasteiger partial charge in [-0.2, -0.15) is 0 Å². The van der Waals surface area contributed by atoms with E-state index in [1.807, 2.05) is 55.1 Å². The van der Waals surface area contributed by atoms with Crippen molar-refractivity contribution in [3.8, 4) is 17.6 Å². The Bertz CT molecular complexity index is 894. The molecule has 0 radical (unpaired) electrons. The highest BCUT2D eigenvalue weighted by molar-refractivity contribution is 7.99. The van der Waals surface area contributed by atoms with Gasteiger partial charge in [-0.15, -0.1) is 11.8 Å². The van der Waals surface area contributed by atoms with Crippen molar-refractivity contribution in [3.05, 3.63) is 59.7 Å². The maximum absolute atomic E-state index is 9.75. The number of hydrogen-bond acceptors (Lipinski definition) is 4. The van der Waals surface area contributed by atoms with Crippen molar-refractivity contribution in [1.82, 2.24) is 4.90 Å². The van der Waals surface area contributed by atoms with E-state index in [1.165, 1.54) is 5.56 Å². The molecule has 0 spiro atoms. The number of ether oxygens (including phenoxy) is 1. The Kier molecular flexibility index (Phi) is 7.07. The van der Waals surface area contributed by atoms with Crippen molar-refractivity contribution in [2.45, 2.75) is 31.7 Å². The van der Waals surface area contributed by atoms with Crippen LogP contribution in [0.5, 0.6) is 5.75 Å². The van der Waals surface area contributed by atoms with Gasteiger partial charge in [-0.3, -0.25) is 0 Å². The monoisotopic (exact) mass is 426 g/mol. The molecule has 2 aromatic carbocycles. The number of benzene rings is 2. The first kappa shape index (κ1) is 21.5. The van der Waals surface area contributed by atoms with Gasteiger partial charge in [0.2, 0.25) is 0 Å². The molecule has 1 saturated heterocycles. The maximum Gasteiger partial charge on any atom is 0.174 e. The van der Waals surface area contributed by atoms with Gasteiger partial charge >= 0.3 is 0 Å². The van der Waals surface area contributed by atoms with E-state index < -0.39 is 5.60 Å². The number of nitrogens with zero attached hydrogens (tertiary/aromatic N) is 1. The zero-order valence-corrected chi connectivity index (χ0v) is 18.6. The van der Waals surface area contributed by atoms with Gasteiger partial charge in [0, 0.05) is 23.5 Å². The Labute approximate surface area is 182 Å². The van der Waals surface area contributed by atoms with Gasteiger partial charge in [-0.1, -0.05) is 24.0 Å². The van der Waals surface area contributed by atoms with Gasteiger partial charge in [0.25, 0.3) is 0 Å². The summed E-state index contributed by atoms with van der Waals surface area (Å²) in [5.41, 5.74) is 2.04. The molecule has 4 nitrogen and oxygen atoms in total. The standard InChI is InChI=1S/C23H26N2O2S2/c1-4-27-20-11-9-19(10-12-20)24-22(28)25-15-16-29-21(25)18-7-5-17(6-8-18)13-14-23(2,3)26/h5-12,21,26H,4,15-16H2,1-3H3,(H,24,28)/t21-/m1/s1. The molecule has 0 unspecified atom stereocenters. The SMILES string of the molecule is CCOc1ccc(NC(=S)N2CCS[C@@H]2c2ccc(C#CC(C)(C)O)cc2)cc1. The minimum absolute atomic E-state index is 0.175. The van der Waals surface area contributed by atoms with Crippen LogP contribution in [0.3, 0.4) is 0 Å². The molecule has 1 aliphatic heterocycles. The molecule has 1 aliphatic rings. The third-order valence-electron chi connectivity index (χ3n) is 4.28. The molecule has 2 aromatic rings. The average Bonchev–Trinajstić information content (AvgIpc) is 3.18. The van der Waals surface area contributed by atoms with Gasteiger partial charge in [0.1, 0.15) is 16.7 Å². The first-order valence-electron chi connectivity index (χ1n) is 9.63. The maximum atomic E-state index is 9.75. The van der Waals surface area contributed by atoms with Crippen molar-refractivity contribution in [2.24, 2.45) is 0 Å². The number of thiocarbonyl (C=S) groups is 1. The second-order valence-electron chi connectivity index (χ2n) is 7.24. The van der Waals surface area contributed by atoms with E-state index in [9.17, 15) is 5.11 Å². The van der Waals surface area contributed by atoms with Crippen LogP contribution in [-0.2, 0) is 0 Å². The van der Waals surface area contributed by atoms with Crippen LogP contribution in [0.25, 0.3) is 0 Å². The number of hydrogen-bond donors (Lipinski definition) is 2. The van der Waals surface area contributed by atoms with Crippen LogP contribution in [0.15, 0.2) is 48.5 Å². The lowest BCUT2D eigenvalue weighted by Crippen LogP contribution is -2.34. The van der Waals surface area contributed by atoms with Crippen LogP contribution in [0.1, 0.15) is 37.3 Å². The number of nitrogens with one attached hydrogen (secondary N) is 1. The highest BCUT2D eigenvalue weighted by Gasteiger charge is 2.28. The average molecular weight is 427 g/mol. The van der Waals surface area contributed by atoms with Crippen molar-refractivity contribution >= 4 is 34.8 Å². The molecule has 6 heteroatoms. The van der Waals surface area contributed by atoms with Gasteiger partial charge in [0.05, 0.1) is 6.61 Å². The zero-order chi connectivity index (χ0) is 20.9. The quantitative estimate of drug-likeness (QED) is 0.548. The summed E-state index contributed by atoms with van der Waals surface area (Å²) in [4.78, 5) is 2.22. The van der Waals surface area contributed by atoms with E-state index in [4.69, 9.17) is 17.0 Å². The van der Waals surface area contributed by atoms with Gasteiger partial charge in [0.15, 0.2) is 5.11 Å². The highest BCUT2D eigenvalue weighted by atomic mass is 32.2. The summed E-state index contributed by atoms with van der Waals surface area (Å²) in [6.45, 7) is 6.89. The number of rotatable bonds is 4. The van der Waals surface area contributed by atoms with E-state index in [2.05, 4.69) is 34.2 Å². The molecule has 0 aromatic heterocycles. The summed E-state index contributed by atoms with van der Waals surface area (Å²) < 4.78 is 5.49. The molecule has 2 N–H and O–H groups in total. The summed E-state index contributed by atoms with van der Waals surface area (Å²) in [7, 11) is 0. The first-order valence-corrected chi connectivity index (χ1v) is 11.1. The fourth-order valence-corrected chi connectivity index (χ4v) is 4.55. The zero-order valence-electron chi connectivity index (χ0n) is 16.9. The predicted molar refractivity (Wildman–Crippen MR) is 125 cm³/mol. The van der Waals surface area contributed by atoms with Crippen LogP contribution in [0, 0.1) is 11.8 Å². The molecule has 1 heterocycles. The van der Waals surface area contributed by atoms with E-state index in [-0.39, 0.29) is 5.37 Å². The summed E-state index contributed by atoms with van der Waals surface area (Å²) in [5, 5.41) is 14.0. The fraction of sp³-hybridized carbons (Fsp3) is 0.348. The van der Waals surface area contributed by atoms with Crippen molar-refractivity contribution in [2.75, 3.05) is 24.2 Å². The molecule has 0 aliphatic carbocycles. The molecule has 1 atom stereocenters. The van der Waals surface area contributed by atoms with E-state index >= 15 is 0 Å². The van der Waals surface area contributed by atoms with Crippen LogP contribution >= 0.6 is 24.0 Å². The van der Waals surface area contributed by atoms with E-state index in [0.29, 0.717) is 6.61 Å². The Morgan fingerprint density at radius 3 is 2.55 bits per heavy atom. The summed E-state index contributed by atoms with van der Waals surface area (Å²) in [6.07, 6.45) is 0. The molecule has 3 rings (SSSR count). The minimum atomic E-state index is -0.991. The lowest BCUT2D eigenvalue weighted by atomic mass is 10.1. The Hall–Kier alpha value is -2.20. The summed E-state index contributed by atoms with van der Waals surface area (Å²) >= 11 is 7.56. The third-order valence-corrected chi connectivity index (χ3v) is 5.87. The van der Waals surface area contributed by atoms with E-state index in [1.54, 1.807) is 13.8 Å². The lowest BCUT2D eigenvalue weighted by molar-refractivity contribution is 0.143. The summed E-state index contributed by atoms with van der Waals surface area (Å²) in [5.74, 6) is 7.73. The number of thioether (sulfide) groups is 1. The normalized spacial score (nSPS) is 16.1. The van der Waals surface area contributed by atoms with Crippen LogP contribution in [0.2, 0.25) is 0 Å². The molecule has 0 bridgehead atoms. The van der Waals surface area contributed by atoms with Gasteiger partial charge in [-0.05, 0) is 75.0 Å². The second kappa shape index (κ2) is 9.53. The molecule has 0 saturated carbocycles. The molecule has 152 valence electrons. The summed E-state index contributed by atoms with van der Waals surface area (Å²) in [6, 6.07) is 16.0. The van der Waals surface area contributed by atoms with Crippen molar-refractivity contribution in [1.29, 1.82) is 0 Å². The van der Waals surface area contributed by atoms with E-state index in [0.717, 1.165) is 34.4 Å². The van der Waals surface area contributed by atoms with Gasteiger partial charge in [-0.25, -0.2) is 0 Å². The largest absolute Gasteiger partial charge is 0.494 e. The fourth-order valence-electron chi connectivity index (χ4n) is 2.91. The predicted octanol–water partition coefficient (Wildman–Crippen LogP) is 4.65. The molecule has 29 heavy (non-hydrogen) atoms. The van der Waals surface area contributed by atoms with Crippen molar-refractivity contribution in [3.63, 3.8) is 0 Å². The molecular weight excluding hydrogens is 400 g/mol. The molecular formula is C23H26N2O2S2. The molecule has 1 fully saturated rings. The lowest BCUT2D eigenvalue weighted by Gasteiger charge is -2.27. The van der Waals surface area contributed by atoms with Crippen molar-refractivity contribution < 1.29 is 9.84 Å². The number of aliphatic hydroxyl groups is 1. The Morgan fingerprint density at radius 1 is 1.24 bits per heavy atom. The highest BCUT2D eigenvalue weighted by Crippen LogP contribution is 2.38. The smallest absolute Gasteiger partial charge is 0.174 e. The third kappa shape index (κ3) is 6.14. The topological polar surface area (TPSA) is 44.7 Å². The first-order chi connectivity index (χ1) is 13.9. The number of anilines is 1. The van der Waals surface area contributed by atoms with Gasteiger partial charge < -0.3 is 20.1 Å². The molecule has 0 amide bonds. The van der Waals surface area contributed by atoms with Crippen LogP contribution in [-0.4, -0.2) is 39.6 Å². The Morgan fingerprint density at radius 2 is 1.93 bits per heavy atom. The van der Waals surface area contributed by atoms with Crippen LogP contribution < -0.4 is 10.1 Å². The van der Waals surface area contributed by atoms with Crippen LogP contribution in [0.4, 0.5) is 5.69 Å². The Balaban J connectivity index is 1.67.